The second kappa shape index (κ2) is 11.6. The minimum absolute atomic E-state index is 0.101. The summed E-state index contributed by atoms with van der Waals surface area (Å²) in [5.41, 5.74) is 1.28. The number of sulfone groups is 1. The van der Waals surface area contributed by atoms with E-state index in [1.807, 2.05) is 0 Å². The van der Waals surface area contributed by atoms with E-state index in [-0.39, 0.29) is 29.5 Å². The molecule has 2 amide bonds. The molecule has 1 aliphatic rings. The van der Waals surface area contributed by atoms with Gasteiger partial charge in [-0.25, -0.2) is 12.8 Å². The van der Waals surface area contributed by atoms with Gasteiger partial charge in [-0.15, -0.1) is 0 Å². The molecule has 9 nitrogen and oxygen atoms in total. The van der Waals surface area contributed by atoms with E-state index in [1.165, 1.54) is 43.3 Å². The first kappa shape index (κ1) is 27.8. The minimum atomic E-state index is -3.67. The normalized spacial score (nSPS) is 14.4. The Labute approximate surface area is 226 Å². The van der Waals surface area contributed by atoms with Gasteiger partial charge in [0, 0.05) is 44.9 Å². The molecule has 3 aromatic carbocycles. The van der Waals surface area contributed by atoms with Crippen molar-refractivity contribution < 1.29 is 31.9 Å². The van der Waals surface area contributed by atoms with Crippen LogP contribution in [0.1, 0.15) is 28.9 Å². The molecule has 204 valence electrons. The number of benzene rings is 3. The van der Waals surface area contributed by atoms with Crippen molar-refractivity contribution in [2.24, 2.45) is 0 Å². The highest BCUT2D eigenvalue weighted by molar-refractivity contribution is 7.90. The van der Waals surface area contributed by atoms with Gasteiger partial charge in [0.05, 0.1) is 10.6 Å². The molecule has 0 spiro atoms. The van der Waals surface area contributed by atoms with Gasteiger partial charge in [0.25, 0.3) is 5.91 Å². The van der Waals surface area contributed by atoms with E-state index in [2.05, 4.69) is 5.32 Å². The Balaban J connectivity index is 1.50. The zero-order chi connectivity index (χ0) is 28.2. The van der Waals surface area contributed by atoms with Crippen LogP contribution in [0.25, 0.3) is 0 Å². The van der Waals surface area contributed by atoms with Gasteiger partial charge in [0.15, 0.2) is 9.84 Å². The molecule has 0 aromatic heterocycles. The van der Waals surface area contributed by atoms with Crippen LogP contribution in [0.3, 0.4) is 0 Å². The molecule has 0 bridgehead atoms. The molecule has 1 saturated heterocycles. The Hall–Kier alpha value is -4.25. The van der Waals surface area contributed by atoms with Crippen molar-refractivity contribution in [3.05, 3.63) is 89.7 Å². The molecule has 0 unspecified atom stereocenters. The Morgan fingerprint density at radius 3 is 2.15 bits per heavy atom. The number of rotatable bonds is 7. The van der Waals surface area contributed by atoms with Gasteiger partial charge in [-0.05, 0) is 48.0 Å². The number of halogens is 1. The van der Waals surface area contributed by atoms with Crippen molar-refractivity contribution in [3.8, 4) is 5.75 Å². The number of piperazine rings is 1. The molecular formula is C28H28FN3O6S. The van der Waals surface area contributed by atoms with Crippen LogP contribution in [0.5, 0.6) is 5.75 Å². The fourth-order valence-electron chi connectivity index (χ4n) is 4.38. The van der Waals surface area contributed by atoms with Gasteiger partial charge in [-0.2, -0.15) is 0 Å². The van der Waals surface area contributed by atoms with Gasteiger partial charge in [0.2, 0.25) is 5.91 Å². The third-order valence-corrected chi connectivity index (χ3v) is 7.41. The molecule has 3 aromatic rings. The summed E-state index contributed by atoms with van der Waals surface area (Å²) in [6.07, 6.45) is 1.03. The largest absolute Gasteiger partial charge is 0.427 e. The summed E-state index contributed by atoms with van der Waals surface area (Å²) in [5.74, 6) is -1.61. The zero-order valence-corrected chi connectivity index (χ0v) is 22.3. The molecule has 1 heterocycles. The van der Waals surface area contributed by atoms with Crippen LogP contribution in [0, 0.1) is 5.82 Å². The van der Waals surface area contributed by atoms with Gasteiger partial charge in [-0.3, -0.25) is 14.4 Å². The monoisotopic (exact) mass is 553 g/mol. The number of nitrogens with one attached hydrogen (secondary N) is 1. The molecule has 1 fully saturated rings. The van der Waals surface area contributed by atoms with Crippen LogP contribution in [0.4, 0.5) is 10.1 Å². The fraction of sp³-hybridized carbons (Fsp3) is 0.250. The number of carbonyl (C=O) groups excluding carboxylic acids is 3. The number of hydrogen-bond acceptors (Lipinski definition) is 7. The van der Waals surface area contributed by atoms with E-state index in [4.69, 9.17) is 4.74 Å². The van der Waals surface area contributed by atoms with E-state index in [1.54, 1.807) is 40.1 Å². The molecule has 4 rings (SSSR count). The van der Waals surface area contributed by atoms with Crippen molar-refractivity contribution >= 4 is 33.3 Å². The lowest BCUT2D eigenvalue weighted by Crippen LogP contribution is -2.52. The van der Waals surface area contributed by atoms with Gasteiger partial charge >= 0.3 is 5.97 Å². The number of hydrogen-bond donors (Lipinski definition) is 1. The van der Waals surface area contributed by atoms with Crippen LogP contribution in [0.15, 0.2) is 77.7 Å². The Morgan fingerprint density at radius 1 is 0.923 bits per heavy atom. The molecule has 39 heavy (non-hydrogen) atoms. The standard InChI is InChI=1S/C28H28FN3O6S/c1-19(33)38-23-11-8-21(9-12-23)27(34)30-26(20-6-4-3-5-7-20)28(35)32-16-14-31(15-17-32)24-13-10-22(29)18-25(24)39(2,36)37/h3-13,18,26H,14-17H2,1-2H3,(H,30,34)/t26-/m1/s1. The summed E-state index contributed by atoms with van der Waals surface area (Å²) in [6.45, 7) is 2.48. The zero-order valence-electron chi connectivity index (χ0n) is 21.5. The summed E-state index contributed by atoms with van der Waals surface area (Å²) in [5, 5.41) is 2.81. The second-order valence-corrected chi connectivity index (χ2v) is 11.1. The Morgan fingerprint density at radius 2 is 1.56 bits per heavy atom. The van der Waals surface area contributed by atoms with Crippen LogP contribution in [0.2, 0.25) is 0 Å². The number of anilines is 1. The average Bonchev–Trinajstić information content (AvgIpc) is 2.91. The smallest absolute Gasteiger partial charge is 0.308 e. The van der Waals surface area contributed by atoms with Crippen LogP contribution >= 0.6 is 0 Å². The van der Waals surface area contributed by atoms with Crippen molar-refractivity contribution in [1.82, 2.24) is 10.2 Å². The maximum absolute atomic E-state index is 13.8. The van der Waals surface area contributed by atoms with Crippen molar-refractivity contribution in [1.29, 1.82) is 0 Å². The Kier molecular flexibility index (Phi) is 8.29. The molecule has 1 N–H and O–H groups in total. The van der Waals surface area contributed by atoms with Crippen LogP contribution < -0.4 is 15.0 Å². The number of amides is 2. The van der Waals surface area contributed by atoms with Crippen LogP contribution in [-0.4, -0.2) is 63.5 Å². The highest BCUT2D eigenvalue weighted by Crippen LogP contribution is 2.28. The minimum Gasteiger partial charge on any atom is -0.427 e. The topological polar surface area (TPSA) is 113 Å². The van der Waals surface area contributed by atoms with Gasteiger partial charge < -0.3 is 19.9 Å². The predicted molar refractivity (Wildman–Crippen MR) is 143 cm³/mol. The lowest BCUT2D eigenvalue weighted by Gasteiger charge is -2.38. The maximum atomic E-state index is 13.8. The summed E-state index contributed by atoms with van der Waals surface area (Å²) >= 11 is 0. The van der Waals surface area contributed by atoms with E-state index in [0.29, 0.717) is 30.1 Å². The summed E-state index contributed by atoms with van der Waals surface area (Å²) in [4.78, 5) is 41.2. The third kappa shape index (κ3) is 6.80. The van der Waals surface area contributed by atoms with Gasteiger partial charge in [0.1, 0.15) is 17.6 Å². The summed E-state index contributed by atoms with van der Waals surface area (Å²) in [7, 11) is -3.67. The molecule has 1 atom stereocenters. The first-order valence-electron chi connectivity index (χ1n) is 12.2. The predicted octanol–water partition coefficient (Wildman–Crippen LogP) is 2.97. The maximum Gasteiger partial charge on any atom is 0.308 e. The first-order chi connectivity index (χ1) is 18.5. The van der Waals surface area contributed by atoms with E-state index >= 15 is 0 Å². The lowest BCUT2D eigenvalue weighted by molar-refractivity contribution is -0.134. The highest BCUT2D eigenvalue weighted by Gasteiger charge is 2.31. The summed E-state index contributed by atoms with van der Waals surface area (Å²) in [6, 6.07) is 17.5. The van der Waals surface area contributed by atoms with E-state index < -0.39 is 33.6 Å². The third-order valence-electron chi connectivity index (χ3n) is 6.29. The van der Waals surface area contributed by atoms with Crippen molar-refractivity contribution in [2.45, 2.75) is 17.9 Å². The second-order valence-electron chi connectivity index (χ2n) is 9.13. The van der Waals surface area contributed by atoms with E-state index in [9.17, 15) is 27.2 Å². The molecule has 0 radical (unpaired) electrons. The van der Waals surface area contributed by atoms with Crippen molar-refractivity contribution in [2.75, 3.05) is 37.3 Å². The van der Waals surface area contributed by atoms with Crippen molar-refractivity contribution in [3.63, 3.8) is 0 Å². The molecular weight excluding hydrogens is 525 g/mol. The Bertz CT molecular complexity index is 1470. The number of ether oxygens (including phenoxy) is 1. The first-order valence-corrected chi connectivity index (χ1v) is 14.1. The molecule has 11 heteroatoms. The lowest BCUT2D eigenvalue weighted by atomic mass is 10.0. The highest BCUT2D eigenvalue weighted by atomic mass is 32.2. The van der Waals surface area contributed by atoms with E-state index in [0.717, 1.165) is 12.3 Å². The fourth-order valence-corrected chi connectivity index (χ4v) is 5.29. The molecule has 0 saturated carbocycles. The SMILES string of the molecule is CC(=O)Oc1ccc(C(=O)N[C@@H](C(=O)N2CCN(c3ccc(F)cc3S(C)(=O)=O)CC2)c2ccccc2)cc1. The number of nitrogens with zero attached hydrogens (tertiary/aromatic N) is 2. The molecule has 1 aliphatic heterocycles. The quantitative estimate of drug-likeness (QED) is 0.354. The van der Waals surface area contributed by atoms with Gasteiger partial charge in [-0.1, -0.05) is 30.3 Å². The average molecular weight is 554 g/mol. The summed E-state index contributed by atoms with van der Waals surface area (Å²) < 4.78 is 43.2. The molecule has 0 aliphatic carbocycles. The van der Waals surface area contributed by atoms with Crippen LogP contribution in [-0.2, 0) is 19.4 Å². The number of carbonyl (C=O) groups is 3. The number of esters is 1.